The van der Waals surface area contributed by atoms with Crippen LogP contribution in [0.3, 0.4) is 0 Å². The van der Waals surface area contributed by atoms with Gasteiger partial charge in [-0.2, -0.15) is 5.10 Å². The van der Waals surface area contributed by atoms with E-state index in [1.807, 2.05) is 42.8 Å². The topological polar surface area (TPSA) is 83.0 Å². The van der Waals surface area contributed by atoms with E-state index in [1.54, 1.807) is 11.1 Å². The number of rotatable bonds is 5. The second-order valence-electron chi connectivity index (χ2n) is 7.90. The molecule has 1 unspecified atom stereocenters. The zero-order valence-corrected chi connectivity index (χ0v) is 17.2. The van der Waals surface area contributed by atoms with Crippen LogP contribution in [0.4, 0.5) is 5.69 Å². The molecule has 29 heavy (non-hydrogen) atoms. The standard InChI is InChI=1S/C22H27N5O2/c1-14-6-9-23-27(14)11-8-21(28)26-10-7-17(13-26)22(29)25-18-4-5-20-19(12-18)15(2)16(3)24-20/h4-6,9,12,17,24H,7-8,10-11,13H2,1-3H3,(H,25,29). The van der Waals surface area contributed by atoms with Crippen LogP contribution in [0.2, 0.25) is 0 Å². The number of hydrogen-bond acceptors (Lipinski definition) is 3. The van der Waals surface area contributed by atoms with Crippen molar-refractivity contribution >= 4 is 28.4 Å². The van der Waals surface area contributed by atoms with Crippen LogP contribution in [0.15, 0.2) is 30.5 Å². The average Bonchev–Trinajstić information content (AvgIpc) is 3.41. The summed E-state index contributed by atoms with van der Waals surface area (Å²) in [7, 11) is 0. The first-order chi connectivity index (χ1) is 13.9. The van der Waals surface area contributed by atoms with Crippen molar-refractivity contribution in [3.8, 4) is 0 Å². The summed E-state index contributed by atoms with van der Waals surface area (Å²) in [6, 6.07) is 7.84. The molecule has 1 saturated heterocycles. The smallest absolute Gasteiger partial charge is 0.229 e. The number of anilines is 1. The monoisotopic (exact) mass is 393 g/mol. The molecule has 1 aromatic carbocycles. The van der Waals surface area contributed by atoms with Crippen LogP contribution in [-0.2, 0) is 16.1 Å². The van der Waals surface area contributed by atoms with Crippen LogP contribution >= 0.6 is 0 Å². The molecule has 1 fully saturated rings. The van der Waals surface area contributed by atoms with Crippen LogP contribution < -0.4 is 5.32 Å². The summed E-state index contributed by atoms with van der Waals surface area (Å²) in [5.74, 6) is -0.113. The maximum atomic E-state index is 12.7. The summed E-state index contributed by atoms with van der Waals surface area (Å²) in [4.78, 5) is 30.4. The fourth-order valence-electron chi connectivity index (χ4n) is 3.98. The van der Waals surface area contributed by atoms with Crippen LogP contribution in [0, 0.1) is 26.7 Å². The first-order valence-corrected chi connectivity index (χ1v) is 10.1. The van der Waals surface area contributed by atoms with Gasteiger partial charge in [0.15, 0.2) is 0 Å². The molecule has 1 atom stereocenters. The van der Waals surface area contributed by atoms with Crippen molar-refractivity contribution in [2.75, 3.05) is 18.4 Å². The predicted molar refractivity (Wildman–Crippen MR) is 113 cm³/mol. The number of H-pyrrole nitrogens is 1. The number of nitrogens with one attached hydrogen (secondary N) is 2. The van der Waals surface area contributed by atoms with Gasteiger partial charge in [0.2, 0.25) is 11.8 Å². The molecule has 7 heteroatoms. The van der Waals surface area contributed by atoms with Crippen molar-refractivity contribution in [2.24, 2.45) is 5.92 Å². The van der Waals surface area contributed by atoms with E-state index >= 15 is 0 Å². The minimum absolute atomic E-state index is 0.0209. The molecule has 152 valence electrons. The Bertz CT molecular complexity index is 1060. The van der Waals surface area contributed by atoms with Crippen molar-refractivity contribution in [3.05, 3.63) is 47.4 Å². The van der Waals surface area contributed by atoms with Gasteiger partial charge >= 0.3 is 0 Å². The molecule has 0 bridgehead atoms. The van der Waals surface area contributed by atoms with Gasteiger partial charge in [-0.1, -0.05) is 0 Å². The molecular weight excluding hydrogens is 366 g/mol. The second-order valence-corrected chi connectivity index (χ2v) is 7.90. The van der Waals surface area contributed by atoms with Crippen molar-refractivity contribution in [1.29, 1.82) is 0 Å². The molecule has 0 radical (unpaired) electrons. The molecule has 3 aromatic rings. The summed E-state index contributed by atoms with van der Waals surface area (Å²) in [6.07, 6.45) is 2.84. The van der Waals surface area contributed by atoms with Crippen LogP contribution in [0.1, 0.15) is 29.8 Å². The number of carbonyl (C=O) groups is 2. The zero-order chi connectivity index (χ0) is 20.5. The van der Waals surface area contributed by atoms with E-state index in [-0.39, 0.29) is 17.7 Å². The quantitative estimate of drug-likeness (QED) is 0.698. The van der Waals surface area contributed by atoms with Crippen molar-refractivity contribution in [1.82, 2.24) is 19.7 Å². The molecule has 0 aliphatic carbocycles. The van der Waals surface area contributed by atoms with E-state index in [0.29, 0.717) is 32.5 Å². The number of aromatic nitrogens is 3. The Morgan fingerprint density at radius 3 is 2.83 bits per heavy atom. The molecule has 0 spiro atoms. The van der Waals surface area contributed by atoms with Crippen molar-refractivity contribution < 1.29 is 9.59 Å². The first kappa shape index (κ1) is 19.2. The Balaban J connectivity index is 1.34. The number of nitrogens with zero attached hydrogens (tertiary/aromatic N) is 3. The van der Waals surface area contributed by atoms with Gasteiger partial charge in [-0.15, -0.1) is 0 Å². The number of carbonyl (C=O) groups excluding carboxylic acids is 2. The summed E-state index contributed by atoms with van der Waals surface area (Å²) in [6.45, 7) is 7.77. The Kier molecular flexibility index (Phi) is 5.13. The lowest BCUT2D eigenvalue weighted by atomic mass is 10.1. The number of aryl methyl sites for hydroxylation is 4. The Labute approximate surface area is 170 Å². The summed E-state index contributed by atoms with van der Waals surface area (Å²) in [5, 5.41) is 8.36. The highest BCUT2D eigenvalue weighted by molar-refractivity contribution is 5.96. The number of hydrogen-bond donors (Lipinski definition) is 2. The molecular formula is C22H27N5O2. The first-order valence-electron chi connectivity index (χ1n) is 10.1. The van der Waals surface area contributed by atoms with E-state index in [4.69, 9.17) is 0 Å². The fourth-order valence-corrected chi connectivity index (χ4v) is 3.98. The van der Waals surface area contributed by atoms with Crippen molar-refractivity contribution in [3.63, 3.8) is 0 Å². The Hall–Kier alpha value is -3.09. The third-order valence-electron chi connectivity index (χ3n) is 5.95. The molecule has 2 N–H and O–H groups in total. The Morgan fingerprint density at radius 2 is 2.07 bits per heavy atom. The number of aromatic amines is 1. The van der Waals surface area contributed by atoms with Gasteiger partial charge in [-0.05, 0) is 57.0 Å². The van der Waals surface area contributed by atoms with Gasteiger partial charge < -0.3 is 15.2 Å². The second kappa shape index (κ2) is 7.73. The maximum absolute atomic E-state index is 12.7. The van der Waals surface area contributed by atoms with Gasteiger partial charge in [0.05, 0.1) is 5.92 Å². The maximum Gasteiger partial charge on any atom is 0.229 e. The lowest BCUT2D eigenvalue weighted by molar-refractivity contribution is -0.130. The highest BCUT2D eigenvalue weighted by Gasteiger charge is 2.31. The van der Waals surface area contributed by atoms with Crippen molar-refractivity contribution in [2.45, 2.75) is 40.2 Å². The van der Waals surface area contributed by atoms with Gasteiger partial charge in [-0.25, -0.2) is 0 Å². The number of likely N-dealkylation sites (tertiary alicyclic amines) is 1. The van der Waals surface area contributed by atoms with E-state index in [2.05, 4.69) is 22.3 Å². The normalized spacial score (nSPS) is 16.5. The SMILES string of the molecule is Cc1[nH]c2ccc(NC(=O)C3CCN(C(=O)CCn4nccc4C)C3)cc2c1C. The molecule has 1 aliphatic rings. The van der Waals surface area contributed by atoms with Crippen LogP contribution in [0.25, 0.3) is 10.9 Å². The fraction of sp³-hybridized carbons (Fsp3) is 0.409. The minimum atomic E-state index is -0.171. The van der Waals surface area contributed by atoms with Gasteiger partial charge in [0.1, 0.15) is 0 Å². The lowest BCUT2D eigenvalue weighted by Gasteiger charge is -2.17. The van der Waals surface area contributed by atoms with Crippen LogP contribution in [-0.4, -0.2) is 44.6 Å². The largest absolute Gasteiger partial charge is 0.358 e. The highest BCUT2D eigenvalue weighted by atomic mass is 16.2. The Morgan fingerprint density at radius 1 is 1.24 bits per heavy atom. The molecule has 7 nitrogen and oxygen atoms in total. The molecule has 0 saturated carbocycles. The van der Waals surface area contributed by atoms with E-state index in [9.17, 15) is 9.59 Å². The summed E-state index contributed by atoms with van der Waals surface area (Å²) < 4.78 is 1.83. The van der Waals surface area contributed by atoms with E-state index in [1.165, 1.54) is 5.56 Å². The highest BCUT2D eigenvalue weighted by Crippen LogP contribution is 2.26. The lowest BCUT2D eigenvalue weighted by Crippen LogP contribution is -2.32. The molecule has 3 heterocycles. The molecule has 2 amide bonds. The van der Waals surface area contributed by atoms with E-state index in [0.717, 1.165) is 28.0 Å². The molecule has 4 rings (SSSR count). The van der Waals surface area contributed by atoms with E-state index < -0.39 is 0 Å². The predicted octanol–water partition coefficient (Wildman–Crippen LogP) is 3.17. The molecule has 1 aliphatic heterocycles. The number of amides is 2. The van der Waals surface area contributed by atoms with Gasteiger partial charge in [0.25, 0.3) is 0 Å². The third kappa shape index (κ3) is 3.90. The van der Waals surface area contributed by atoms with Gasteiger partial charge in [0, 0.05) is 60.2 Å². The van der Waals surface area contributed by atoms with Crippen LogP contribution in [0.5, 0.6) is 0 Å². The molecule has 2 aromatic heterocycles. The number of benzene rings is 1. The summed E-state index contributed by atoms with van der Waals surface area (Å²) >= 11 is 0. The third-order valence-corrected chi connectivity index (χ3v) is 5.95. The number of fused-ring (bicyclic) bond motifs is 1. The summed E-state index contributed by atoms with van der Waals surface area (Å²) in [5.41, 5.74) is 5.24. The zero-order valence-electron chi connectivity index (χ0n) is 17.2. The minimum Gasteiger partial charge on any atom is -0.358 e. The van der Waals surface area contributed by atoms with Gasteiger partial charge in [-0.3, -0.25) is 14.3 Å². The average molecular weight is 393 g/mol.